The molecule has 10 nitrogen and oxygen atoms in total. The highest BCUT2D eigenvalue weighted by atomic mass is 19.4. The first-order valence-electron chi connectivity index (χ1n) is 10.4. The molecule has 1 aliphatic heterocycles. The maximum atomic E-state index is 12.2. The van der Waals surface area contributed by atoms with Gasteiger partial charge in [0.05, 0.1) is 19.6 Å². The minimum Gasteiger partial charge on any atom is -0.381 e. The Balaban J connectivity index is 1.18. The number of ether oxygens (including phenoxy) is 1. The third kappa shape index (κ3) is 4.97. The number of hydrogen-bond acceptors (Lipinski definition) is 10. The first kappa shape index (κ1) is 21.4. The maximum absolute atomic E-state index is 12.2. The number of halogens is 3. The van der Waals surface area contributed by atoms with Crippen LogP contribution in [0.1, 0.15) is 6.42 Å². The first-order valence-corrected chi connectivity index (χ1v) is 10.4. The van der Waals surface area contributed by atoms with Crippen molar-refractivity contribution in [2.75, 3.05) is 42.3 Å². The van der Waals surface area contributed by atoms with Crippen molar-refractivity contribution in [2.24, 2.45) is 17.8 Å². The topological polar surface area (TPSA) is 128 Å². The van der Waals surface area contributed by atoms with E-state index in [0.29, 0.717) is 37.5 Å². The van der Waals surface area contributed by atoms with Crippen LogP contribution in [0.4, 0.5) is 36.8 Å². The average Bonchev–Trinajstić information content (AvgIpc) is 3.14. The van der Waals surface area contributed by atoms with Gasteiger partial charge in [0, 0.05) is 18.8 Å². The maximum Gasteiger partial charge on any atom is 0.391 e. The minimum absolute atomic E-state index is 0.0144. The third-order valence-corrected chi connectivity index (χ3v) is 5.78. The number of alkyl halides is 3. The van der Waals surface area contributed by atoms with Crippen LogP contribution in [0.15, 0.2) is 34.9 Å². The average molecular weight is 462 g/mol. The fourth-order valence-corrected chi connectivity index (χ4v) is 4.09. The van der Waals surface area contributed by atoms with Crippen LogP contribution in [-0.4, -0.2) is 57.6 Å². The van der Waals surface area contributed by atoms with Crippen molar-refractivity contribution in [3.63, 3.8) is 0 Å². The zero-order valence-electron chi connectivity index (χ0n) is 17.4. The summed E-state index contributed by atoms with van der Waals surface area (Å²) in [5.41, 5.74) is 6.61. The van der Waals surface area contributed by atoms with E-state index in [0.717, 1.165) is 5.69 Å². The molecule has 1 aromatic carbocycles. The summed E-state index contributed by atoms with van der Waals surface area (Å²) < 4.78 is 47.2. The van der Waals surface area contributed by atoms with Crippen LogP contribution in [0.5, 0.6) is 0 Å². The molecule has 1 saturated heterocycles. The molecule has 13 heteroatoms. The molecule has 174 valence electrons. The standard InChI is InChI=1S/C20H21F3N8O2/c21-20(22,23)6-7-32-10-14-12-8-31(9-13(12)14)19-28-16(30-33-19)15-26-17(24)29-18(27-15)25-11-4-2-1-3-5-11/h1-5,12-14H,6-10H2,(H3,24,25,26,27,29)/t12-,13+,14+. The summed E-state index contributed by atoms with van der Waals surface area (Å²) in [6.07, 6.45) is -5.11. The molecule has 0 unspecified atom stereocenters. The van der Waals surface area contributed by atoms with Crippen LogP contribution in [0.25, 0.3) is 11.6 Å². The molecule has 33 heavy (non-hydrogen) atoms. The Bertz CT molecular complexity index is 1100. The van der Waals surface area contributed by atoms with Crippen LogP contribution in [0.2, 0.25) is 0 Å². The van der Waals surface area contributed by atoms with Crippen molar-refractivity contribution in [3.8, 4) is 11.6 Å². The van der Waals surface area contributed by atoms with Gasteiger partial charge in [-0.25, -0.2) is 0 Å². The van der Waals surface area contributed by atoms with E-state index in [4.69, 9.17) is 15.0 Å². The molecular formula is C20H21F3N8O2. The van der Waals surface area contributed by atoms with Gasteiger partial charge >= 0.3 is 12.2 Å². The van der Waals surface area contributed by atoms with Gasteiger partial charge in [0.2, 0.25) is 23.5 Å². The number of nitrogens with one attached hydrogen (secondary N) is 1. The smallest absolute Gasteiger partial charge is 0.381 e. The van der Waals surface area contributed by atoms with Crippen molar-refractivity contribution in [1.29, 1.82) is 0 Å². The lowest BCUT2D eigenvalue weighted by atomic mass is 10.3. The summed E-state index contributed by atoms with van der Waals surface area (Å²) in [6.45, 7) is 1.40. The quantitative estimate of drug-likeness (QED) is 0.482. The van der Waals surface area contributed by atoms with Crippen LogP contribution in [0.3, 0.4) is 0 Å². The van der Waals surface area contributed by atoms with E-state index in [2.05, 4.69) is 30.4 Å². The normalized spacial score (nSPS) is 21.8. The second-order valence-corrected chi connectivity index (χ2v) is 8.07. The molecule has 2 aliphatic rings. The fraction of sp³-hybridized carbons (Fsp3) is 0.450. The van der Waals surface area contributed by atoms with E-state index in [1.54, 1.807) is 0 Å². The lowest BCUT2D eigenvalue weighted by Crippen LogP contribution is -2.25. The van der Waals surface area contributed by atoms with Gasteiger partial charge in [0.1, 0.15) is 0 Å². The van der Waals surface area contributed by atoms with E-state index < -0.39 is 12.6 Å². The molecule has 0 bridgehead atoms. The van der Waals surface area contributed by atoms with Crippen molar-refractivity contribution < 1.29 is 22.4 Å². The fourth-order valence-electron chi connectivity index (χ4n) is 4.09. The number of nitrogen functional groups attached to an aromatic ring is 1. The molecule has 0 spiro atoms. The van der Waals surface area contributed by atoms with Gasteiger partial charge < -0.3 is 25.2 Å². The molecule has 1 saturated carbocycles. The number of anilines is 4. The van der Waals surface area contributed by atoms with Crippen molar-refractivity contribution in [3.05, 3.63) is 30.3 Å². The number of nitrogens with two attached hydrogens (primary N) is 1. The minimum atomic E-state index is -4.19. The zero-order chi connectivity index (χ0) is 23.0. The molecule has 1 aliphatic carbocycles. The monoisotopic (exact) mass is 462 g/mol. The molecular weight excluding hydrogens is 441 g/mol. The summed E-state index contributed by atoms with van der Waals surface area (Å²) in [4.78, 5) is 18.8. The lowest BCUT2D eigenvalue weighted by Gasteiger charge is -2.16. The summed E-state index contributed by atoms with van der Waals surface area (Å²) in [5, 5.41) is 7.02. The van der Waals surface area contributed by atoms with E-state index in [-0.39, 0.29) is 36.1 Å². The van der Waals surface area contributed by atoms with Gasteiger partial charge in [-0.05, 0) is 29.9 Å². The third-order valence-electron chi connectivity index (χ3n) is 5.78. The predicted octanol–water partition coefficient (Wildman–Crippen LogP) is 2.90. The molecule has 3 atom stereocenters. The summed E-state index contributed by atoms with van der Waals surface area (Å²) in [7, 11) is 0. The molecule has 2 aromatic heterocycles. The predicted molar refractivity (Wildman–Crippen MR) is 111 cm³/mol. The van der Waals surface area contributed by atoms with Crippen molar-refractivity contribution in [2.45, 2.75) is 12.6 Å². The highest BCUT2D eigenvalue weighted by Gasteiger charge is 2.56. The van der Waals surface area contributed by atoms with Gasteiger partial charge in [0.25, 0.3) is 0 Å². The summed E-state index contributed by atoms with van der Waals surface area (Å²) in [5.74, 6) is 1.60. The van der Waals surface area contributed by atoms with E-state index in [9.17, 15) is 13.2 Å². The van der Waals surface area contributed by atoms with Gasteiger partial charge in [-0.2, -0.15) is 33.1 Å². The number of nitrogens with zero attached hydrogens (tertiary/aromatic N) is 6. The van der Waals surface area contributed by atoms with Gasteiger partial charge in [0.15, 0.2) is 0 Å². The van der Waals surface area contributed by atoms with Gasteiger partial charge in [-0.15, -0.1) is 0 Å². The SMILES string of the molecule is Nc1nc(Nc2ccccc2)nc(-c2noc(N3C[C@@H]4[C@@H](COCCC(F)(F)F)[C@@H]4C3)n2)n1. The number of fused-ring (bicyclic) bond motifs is 1. The Morgan fingerprint density at radius 1 is 1.06 bits per heavy atom. The Labute approximate surface area is 186 Å². The Morgan fingerprint density at radius 2 is 1.82 bits per heavy atom. The van der Waals surface area contributed by atoms with Crippen molar-refractivity contribution >= 4 is 23.6 Å². The first-order chi connectivity index (χ1) is 15.9. The number of hydrogen-bond donors (Lipinski definition) is 2. The number of piperidine rings is 1. The van der Waals surface area contributed by atoms with Gasteiger partial charge in [-0.3, -0.25) is 0 Å². The van der Waals surface area contributed by atoms with Crippen LogP contribution in [-0.2, 0) is 4.74 Å². The number of aromatic nitrogens is 5. The molecule has 0 amide bonds. The molecule has 5 rings (SSSR count). The van der Waals surface area contributed by atoms with Crippen LogP contribution < -0.4 is 16.0 Å². The number of rotatable bonds is 8. The Kier molecular flexibility index (Phi) is 5.48. The summed E-state index contributed by atoms with van der Waals surface area (Å²) >= 11 is 0. The Hall–Kier alpha value is -3.48. The van der Waals surface area contributed by atoms with E-state index in [1.807, 2.05) is 35.2 Å². The molecule has 0 radical (unpaired) electrons. The largest absolute Gasteiger partial charge is 0.391 e. The number of benzene rings is 1. The van der Waals surface area contributed by atoms with E-state index >= 15 is 0 Å². The Morgan fingerprint density at radius 3 is 2.55 bits per heavy atom. The zero-order valence-corrected chi connectivity index (χ0v) is 17.4. The summed E-state index contributed by atoms with van der Waals surface area (Å²) in [6, 6.07) is 9.70. The highest BCUT2D eigenvalue weighted by molar-refractivity contribution is 5.57. The molecule has 3 heterocycles. The van der Waals surface area contributed by atoms with Crippen LogP contribution >= 0.6 is 0 Å². The molecule has 3 aromatic rings. The number of para-hydroxylation sites is 1. The second-order valence-electron chi connectivity index (χ2n) is 8.07. The second kappa shape index (κ2) is 8.46. The van der Waals surface area contributed by atoms with Gasteiger partial charge in [-0.1, -0.05) is 23.4 Å². The van der Waals surface area contributed by atoms with Crippen LogP contribution in [0, 0.1) is 17.8 Å². The lowest BCUT2D eigenvalue weighted by molar-refractivity contribution is -0.145. The van der Waals surface area contributed by atoms with E-state index in [1.165, 1.54) is 0 Å². The highest BCUT2D eigenvalue weighted by Crippen LogP contribution is 2.52. The molecule has 2 fully saturated rings. The molecule has 3 N–H and O–H groups in total. The van der Waals surface area contributed by atoms with Crippen molar-refractivity contribution in [1.82, 2.24) is 25.1 Å².